The number of ether oxygens (including phenoxy) is 1. The maximum atomic E-state index is 13.3. The molecule has 8 nitrogen and oxygen atoms in total. The summed E-state index contributed by atoms with van der Waals surface area (Å²) in [5.41, 5.74) is 3.10. The molecule has 0 aliphatic carbocycles. The van der Waals surface area contributed by atoms with E-state index in [0.717, 1.165) is 65.8 Å². The number of hydrogen-bond acceptors (Lipinski definition) is 5. The van der Waals surface area contributed by atoms with Crippen LogP contribution in [0.25, 0.3) is 0 Å². The Labute approximate surface area is 460 Å². The molecule has 1 amide bonds. The van der Waals surface area contributed by atoms with Crippen molar-refractivity contribution in [2.24, 2.45) is 35.5 Å². The number of hydrogen-bond donors (Lipinski definition) is 3. The second-order valence-corrected chi connectivity index (χ2v) is 23.0. The summed E-state index contributed by atoms with van der Waals surface area (Å²) in [4.78, 5) is 22.0. The van der Waals surface area contributed by atoms with E-state index in [1.165, 1.54) is 31.2 Å². The summed E-state index contributed by atoms with van der Waals surface area (Å²) in [5.74, 6) is -1.26. The fourth-order valence-electron chi connectivity index (χ4n) is 7.42. The van der Waals surface area contributed by atoms with Gasteiger partial charge in [-0.15, -0.1) is 0 Å². The topological polar surface area (TPSA) is 122 Å². The fourth-order valence-corrected chi connectivity index (χ4v) is 8.76. The minimum absolute atomic E-state index is 0.0851. The minimum atomic E-state index is -4.40. The first-order chi connectivity index (χ1) is 36.5. The third-order valence-corrected chi connectivity index (χ3v) is 12.3. The number of carboxylic acid groups (broad SMARTS) is 1. The number of rotatable bonds is 19. The summed E-state index contributed by atoms with van der Waals surface area (Å²) in [6.45, 7) is 22.2. The Bertz CT molecular complexity index is 2680. The Morgan fingerprint density at radius 1 is 0.557 bits per heavy atom. The van der Waals surface area contributed by atoms with Crippen LogP contribution in [0.5, 0.6) is 5.75 Å². The molecule has 19 heteroatoms. The highest BCUT2D eigenvalue weighted by Crippen LogP contribution is 2.31. The summed E-state index contributed by atoms with van der Waals surface area (Å²) >= 11 is 0. The number of carbonyl (C=O) groups is 2. The van der Waals surface area contributed by atoms with E-state index in [2.05, 4.69) is 56.3 Å². The molecule has 0 aliphatic heterocycles. The van der Waals surface area contributed by atoms with Crippen molar-refractivity contribution in [2.45, 2.75) is 152 Å². The molecule has 0 spiro atoms. The summed E-state index contributed by atoms with van der Waals surface area (Å²) in [6.07, 6.45) is -3.42. The molecule has 0 aromatic heterocycles. The fraction of sp³-hybridized carbons (Fsp3) is 0.467. The maximum absolute atomic E-state index is 13.3. The Morgan fingerprint density at radius 3 is 1.38 bits per heavy atom. The van der Waals surface area contributed by atoms with Gasteiger partial charge in [0, 0.05) is 6.92 Å². The Kier molecular flexibility index (Phi) is 30.8. The molecule has 1 atom stereocenters. The normalized spacial score (nSPS) is 11.9. The van der Waals surface area contributed by atoms with Crippen LogP contribution in [-0.2, 0) is 57.9 Å². The van der Waals surface area contributed by atoms with Gasteiger partial charge in [-0.3, -0.25) is 9.59 Å². The van der Waals surface area contributed by atoms with Crippen LogP contribution in [-0.4, -0.2) is 38.1 Å². The lowest BCUT2D eigenvalue weighted by Gasteiger charge is -2.18. The molecule has 0 heterocycles. The van der Waals surface area contributed by atoms with E-state index in [4.69, 9.17) is 5.11 Å². The van der Waals surface area contributed by atoms with Gasteiger partial charge in [0.1, 0.15) is 29.2 Å². The number of halogens is 10. The number of benzene rings is 5. The lowest BCUT2D eigenvalue weighted by molar-refractivity contribution is -0.140. The van der Waals surface area contributed by atoms with Gasteiger partial charge in [-0.1, -0.05) is 119 Å². The average molecular weight is 1150 g/mol. The van der Waals surface area contributed by atoms with Gasteiger partial charge in [0.25, 0.3) is 6.43 Å². The number of aliphatic carboxylic acids is 1. The van der Waals surface area contributed by atoms with Gasteiger partial charge in [0.2, 0.25) is 15.9 Å². The molecule has 440 valence electrons. The number of amides is 1. The third kappa shape index (κ3) is 29.2. The number of sulfonamides is 1. The van der Waals surface area contributed by atoms with E-state index in [-0.39, 0.29) is 39.6 Å². The van der Waals surface area contributed by atoms with Crippen molar-refractivity contribution in [1.29, 1.82) is 0 Å². The number of alkyl halides is 7. The zero-order valence-electron chi connectivity index (χ0n) is 47.2. The van der Waals surface area contributed by atoms with Crippen LogP contribution in [0.4, 0.5) is 49.6 Å². The molecule has 5 aromatic rings. The highest BCUT2D eigenvalue weighted by atomic mass is 32.2. The van der Waals surface area contributed by atoms with Crippen LogP contribution in [0.3, 0.4) is 0 Å². The highest BCUT2D eigenvalue weighted by molar-refractivity contribution is 7.89. The van der Waals surface area contributed by atoms with E-state index in [1.807, 2.05) is 39.8 Å². The van der Waals surface area contributed by atoms with Crippen LogP contribution in [0.15, 0.2) is 108 Å². The van der Waals surface area contributed by atoms with Gasteiger partial charge in [-0.25, -0.2) is 30.4 Å². The third-order valence-electron chi connectivity index (χ3n) is 10.8. The molecule has 0 fully saturated rings. The summed E-state index contributed by atoms with van der Waals surface area (Å²) in [5, 5.41) is 11.5. The maximum Gasteiger partial charge on any atom is 0.416 e. The molecule has 0 radical (unpaired) electrons. The number of carboxylic acids is 1. The molecule has 0 saturated heterocycles. The smallest absolute Gasteiger partial charge is 0.416 e. The van der Waals surface area contributed by atoms with E-state index < -0.39 is 69.8 Å². The minimum Gasteiger partial charge on any atom is -0.480 e. The van der Waals surface area contributed by atoms with E-state index in [1.54, 1.807) is 56.3 Å². The molecule has 0 saturated carbocycles. The standard InChI is InChI=1S/C15H23NO4S.C12H16FNO.C11H12F4.C11H13F3.C11H14F2O/c1-10(2)9-12-5-7-13(8-6-12)21(19,20)16-14(11(3)4)15(17)18;1-8(2)6-10-4-5-11(13)12(7-10)14-9(3)15;1-7(2)5-8-6-9(11(13,14)15)3-4-10(8)12;1-7(2)5-8-3-4-10(12)9(6-8)11(13)14;1-8(2)7-9-3-5-10(6-4-9)14-11(12)13/h5-8,10-11,14,16H,9H2,1-4H3,(H,17,18);4-5,7-8H,6H2,1-3H3,(H,14,15);3-4,6-7H,5H2,1-2H3;3-4,6-7,11H,5H2,1-2H3;3-6,8,11H,7H2,1-2H3/t14-;;;;/m0..../s1. The molecule has 5 rings (SSSR count). The molecule has 0 aliphatic rings. The average Bonchev–Trinajstić information content (AvgIpc) is 3.30. The second-order valence-electron chi connectivity index (χ2n) is 21.3. The first-order valence-corrected chi connectivity index (χ1v) is 27.3. The predicted octanol–water partition coefficient (Wildman–Crippen LogP) is 16.7. The Morgan fingerprint density at radius 2 is 0.975 bits per heavy atom. The Balaban J connectivity index is 0.000000498. The van der Waals surface area contributed by atoms with Crippen LogP contribution in [0.1, 0.15) is 135 Å². The van der Waals surface area contributed by atoms with Gasteiger partial charge in [-0.05, 0) is 162 Å². The van der Waals surface area contributed by atoms with Crippen molar-refractivity contribution in [3.63, 3.8) is 0 Å². The molecule has 5 aromatic carbocycles. The van der Waals surface area contributed by atoms with E-state index >= 15 is 0 Å². The molecule has 0 unspecified atom stereocenters. The van der Waals surface area contributed by atoms with Gasteiger partial charge in [-0.2, -0.15) is 26.7 Å². The first kappa shape index (κ1) is 71.1. The summed E-state index contributed by atoms with van der Waals surface area (Å²) in [6, 6.07) is 23.5. The number of nitrogens with one attached hydrogen (secondary N) is 2. The molecular weight excluding hydrogens is 1070 g/mol. The predicted molar refractivity (Wildman–Crippen MR) is 292 cm³/mol. The molecular formula is C60H78F10N2O6S. The molecule has 3 N–H and O–H groups in total. The zero-order valence-corrected chi connectivity index (χ0v) is 48.0. The van der Waals surface area contributed by atoms with E-state index in [0.29, 0.717) is 36.5 Å². The summed E-state index contributed by atoms with van der Waals surface area (Å²) < 4.78 is 155. The number of anilines is 1. The van der Waals surface area contributed by atoms with Crippen LogP contribution in [0.2, 0.25) is 0 Å². The van der Waals surface area contributed by atoms with Crippen molar-refractivity contribution in [3.8, 4) is 5.75 Å². The van der Waals surface area contributed by atoms with Crippen molar-refractivity contribution in [1.82, 2.24) is 4.72 Å². The lowest BCUT2D eigenvalue weighted by Crippen LogP contribution is -2.44. The zero-order chi connectivity index (χ0) is 60.5. The molecule has 0 bridgehead atoms. The monoisotopic (exact) mass is 1140 g/mol. The Hall–Kier alpha value is -5.95. The van der Waals surface area contributed by atoms with Crippen molar-refractivity contribution < 1.29 is 71.8 Å². The van der Waals surface area contributed by atoms with E-state index in [9.17, 15) is 61.9 Å². The van der Waals surface area contributed by atoms with Gasteiger partial charge in [0.05, 0.1) is 21.7 Å². The van der Waals surface area contributed by atoms with Crippen molar-refractivity contribution in [2.75, 3.05) is 5.32 Å². The quantitative estimate of drug-likeness (QED) is 0.0708. The first-order valence-electron chi connectivity index (χ1n) is 25.9. The van der Waals surface area contributed by atoms with Crippen LogP contribution >= 0.6 is 0 Å². The van der Waals surface area contributed by atoms with Crippen molar-refractivity contribution >= 4 is 27.6 Å². The van der Waals surface area contributed by atoms with Crippen molar-refractivity contribution in [3.05, 3.63) is 160 Å². The summed E-state index contributed by atoms with van der Waals surface area (Å²) in [7, 11) is -3.83. The van der Waals surface area contributed by atoms with Gasteiger partial charge < -0.3 is 15.2 Å². The van der Waals surface area contributed by atoms with Crippen LogP contribution in [0, 0.1) is 53.0 Å². The van der Waals surface area contributed by atoms with Gasteiger partial charge >= 0.3 is 18.8 Å². The second kappa shape index (κ2) is 34.3. The highest BCUT2D eigenvalue weighted by Gasteiger charge is 2.31. The van der Waals surface area contributed by atoms with Crippen LogP contribution < -0.4 is 14.8 Å². The van der Waals surface area contributed by atoms with Gasteiger partial charge in [0.15, 0.2) is 0 Å². The molecule has 79 heavy (non-hydrogen) atoms. The SMILES string of the molecule is CC(=O)Nc1cc(CC(C)C)ccc1F.CC(C)Cc1cc(C(F)(F)F)ccc1F.CC(C)Cc1ccc(F)c(C(F)F)c1.CC(C)Cc1ccc(OC(F)F)cc1.CC(C)Cc1ccc(S(=O)(=O)N[C@H](C(=O)O)C(C)C)cc1. The number of carbonyl (C=O) groups excluding carboxylic acids is 1. The largest absolute Gasteiger partial charge is 0.480 e. The lowest BCUT2D eigenvalue weighted by atomic mass is 10.0.